The SMILES string of the molecule is C[C@H]1CN(c2cccc3[nH]cnc23)CCN1CCCCN1C(=O)C2CCCN2C1=O. The monoisotopic (exact) mass is 410 g/mol. The van der Waals surface area contributed by atoms with Crippen molar-refractivity contribution in [2.75, 3.05) is 44.2 Å². The number of aromatic amines is 1. The second-order valence-corrected chi connectivity index (χ2v) is 8.74. The second-order valence-electron chi connectivity index (χ2n) is 8.74. The molecule has 3 aliphatic heterocycles. The van der Waals surface area contributed by atoms with Crippen LogP contribution >= 0.6 is 0 Å². The van der Waals surface area contributed by atoms with E-state index in [0.717, 1.165) is 69.4 Å². The molecule has 4 heterocycles. The highest BCUT2D eigenvalue weighted by Crippen LogP contribution is 2.28. The van der Waals surface area contributed by atoms with Gasteiger partial charge in [0, 0.05) is 38.8 Å². The minimum atomic E-state index is -0.176. The van der Waals surface area contributed by atoms with Crippen LogP contribution in [0.1, 0.15) is 32.6 Å². The number of fused-ring (bicyclic) bond motifs is 2. The minimum absolute atomic E-state index is 0.0204. The lowest BCUT2D eigenvalue weighted by molar-refractivity contribution is -0.128. The normalized spacial score (nSPS) is 25.0. The van der Waals surface area contributed by atoms with Gasteiger partial charge >= 0.3 is 6.03 Å². The van der Waals surface area contributed by atoms with Gasteiger partial charge in [-0.3, -0.25) is 14.6 Å². The van der Waals surface area contributed by atoms with Gasteiger partial charge in [-0.25, -0.2) is 9.78 Å². The molecule has 3 amide bonds. The largest absolute Gasteiger partial charge is 0.367 e. The Bertz CT molecular complexity index is 921. The van der Waals surface area contributed by atoms with Gasteiger partial charge in [0.2, 0.25) is 0 Å². The van der Waals surface area contributed by atoms with Crippen molar-refractivity contribution in [1.29, 1.82) is 0 Å². The molecule has 2 aromatic rings. The van der Waals surface area contributed by atoms with E-state index in [4.69, 9.17) is 0 Å². The van der Waals surface area contributed by atoms with Gasteiger partial charge in [0.05, 0.1) is 17.5 Å². The second kappa shape index (κ2) is 7.91. The lowest BCUT2D eigenvalue weighted by Crippen LogP contribution is -2.52. The van der Waals surface area contributed by atoms with E-state index in [1.807, 2.05) is 0 Å². The molecule has 0 saturated carbocycles. The van der Waals surface area contributed by atoms with Crippen LogP contribution < -0.4 is 4.90 Å². The van der Waals surface area contributed by atoms with E-state index in [9.17, 15) is 9.59 Å². The van der Waals surface area contributed by atoms with Crippen molar-refractivity contribution in [1.82, 2.24) is 24.7 Å². The predicted octanol–water partition coefficient (Wildman–Crippen LogP) is 2.28. The highest BCUT2D eigenvalue weighted by atomic mass is 16.2. The van der Waals surface area contributed by atoms with Crippen molar-refractivity contribution in [3.05, 3.63) is 24.5 Å². The molecule has 160 valence electrons. The standard InChI is InChI=1S/C22H30N6O2/c1-16-14-26(18-7-4-6-17-20(18)24-15-23-17)13-12-25(16)9-2-3-10-28-21(29)19-8-5-11-27(19)22(28)30/h4,6-7,15-16,19H,2-3,5,8-14H2,1H3,(H,23,24)/t16-,19?/m0/s1. The third-order valence-corrected chi connectivity index (χ3v) is 6.89. The van der Waals surface area contributed by atoms with Crippen molar-refractivity contribution in [3.8, 4) is 0 Å². The number of para-hydroxylation sites is 1. The third kappa shape index (κ3) is 3.33. The maximum absolute atomic E-state index is 12.4. The van der Waals surface area contributed by atoms with E-state index in [1.165, 1.54) is 10.6 Å². The molecule has 3 saturated heterocycles. The van der Waals surface area contributed by atoms with Gasteiger partial charge in [0.15, 0.2) is 0 Å². The zero-order valence-electron chi connectivity index (χ0n) is 17.6. The first-order chi connectivity index (χ1) is 14.6. The van der Waals surface area contributed by atoms with Crippen molar-refractivity contribution < 1.29 is 9.59 Å². The molecule has 3 aliphatic rings. The highest BCUT2D eigenvalue weighted by molar-refractivity contribution is 6.04. The van der Waals surface area contributed by atoms with Crippen molar-refractivity contribution in [2.24, 2.45) is 0 Å². The van der Waals surface area contributed by atoms with Crippen LogP contribution in [0.3, 0.4) is 0 Å². The number of aromatic nitrogens is 2. The fourth-order valence-corrected chi connectivity index (χ4v) is 5.22. The molecule has 0 aliphatic carbocycles. The minimum Gasteiger partial charge on any atom is -0.367 e. The summed E-state index contributed by atoms with van der Waals surface area (Å²) in [4.78, 5) is 40.7. The number of hydrogen-bond acceptors (Lipinski definition) is 5. The topological polar surface area (TPSA) is 75.8 Å². The van der Waals surface area contributed by atoms with Crippen molar-refractivity contribution >= 4 is 28.7 Å². The molecule has 3 fully saturated rings. The summed E-state index contributed by atoms with van der Waals surface area (Å²) in [6, 6.07) is 6.50. The van der Waals surface area contributed by atoms with Crippen molar-refractivity contribution in [2.45, 2.75) is 44.7 Å². The summed E-state index contributed by atoms with van der Waals surface area (Å²) in [7, 11) is 0. The Morgan fingerprint density at radius 3 is 2.83 bits per heavy atom. The number of rotatable bonds is 6. The van der Waals surface area contributed by atoms with Gasteiger partial charge in [0.25, 0.3) is 5.91 Å². The predicted molar refractivity (Wildman–Crippen MR) is 115 cm³/mol. The lowest BCUT2D eigenvalue weighted by atomic mass is 10.1. The van der Waals surface area contributed by atoms with Gasteiger partial charge in [0.1, 0.15) is 11.6 Å². The summed E-state index contributed by atoms with van der Waals surface area (Å²) in [5.41, 5.74) is 3.32. The van der Waals surface area contributed by atoms with Crippen LogP contribution in [0.4, 0.5) is 10.5 Å². The van der Waals surface area contributed by atoms with E-state index in [-0.39, 0.29) is 18.0 Å². The maximum atomic E-state index is 12.4. The van der Waals surface area contributed by atoms with Gasteiger partial charge < -0.3 is 14.8 Å². The summed E-state index contributed by atoms with van der Waals surface area (Å²) in [5, 5.41) is 0. The molecule has 1 N–H and O–H groups in total. The fourth-order valence-electron chi connectivity index (χ4n) is 5.22. The zero-order valence-corrected chi connectivity index (χ0v) is 17.6. The number of anilines is 1. The summed E-state index contributed by atoms with van der Waals surface area (Å²) < 4.78 is 0. The van der Waals surface area contributed by atoms with Crippen molar-refractivity contribution in [3.63, 3.8) is 0 Å². The van der Waals surface area contributed by atoms with E-state index >= 15 is 0 Å². The molecule has 0 bridgehead atoms. The van der Waals surface area contributed by atoms with E-state index in [1.54, 1.807) is 11.2 Å². The van der Waals surface area contributed by atoms with Gasteiger partial charge in [-0.15, -0.1) is 0 Å². The molecular formula is C22H30N6O2. The average molecular weight is 411 g/mol. The molecule has 1 aromatic heterocycles. The van der Waals surface area contributed by atoms with Crippen LogP contribution in [0.5, 0.6) is 0 Å². The zero-order chi connectivity index (χ0) is 20.7. The molecule has 30 heavy (non-hydrogen) atoms. The lowest BCUT2D eigenvalue weighted by Gasteiger charge is -2.41. The number of urea groups is 1. The van der Waals surface area contributed by atoms with E-state index in [0.29, 0.717) is 12.6 Å². The summed E-state index contributed by atoms with van der Waals surface area (Å²) >= 11 is 0. The molecule has 8 nitrogen and oxygen atoms in total. The van der Waals surface area contributed by atoms with E-state index in [2.05, 4.69) is 44.9 Å². The van der Waals surface area contributed by atoms with Crippen LogP contribution in [0.2, 0.25) is 0 Å². The van der Waals surface area contributed by atoms with Gasteiger partial charge in [-0.2, -0.15) is 0 Å². The van der Waals surface area contributed by atoms with Crippen LogP contribution in [0, 0.1) is 0 Å². The van der Waals surface area contributed by atoms with Crippen LogP contribution in [0.25, 0.3) is 11.0 Å². The molecule has 0 radical (unpaired) electrons. The Morgan fingerprint density at radius 1 is 1.13 bits per heavy atom. The molecular weight excluding hydrogens is 380 g/mol. The molecule has 1 unspecified atom stereocenters. The molecule has 8 heteroatoms. The van der Waals surface area contributed by atoms with Crippen LogP contribution in [-0.2, 0) is 4.79 Å². The number of carbonyl (C=O) groups excluding carboxylic acids is 2. The van der Waals surface area contributed by atoms with Gasteiger partial charge in [-0.05, 0) is 51.3 Å². The first kappa shape index (κ1) is 19.4. The smallest absolute Gasteiger partial charge is 0.327 e. The number of amides is 3. The number of carbonyl (C=O) groups is 2. The van der Waals surface area contributed by atoms with E-state index < -0.39 is 0 Å². The number of piperazine rings is 1. The summed E-state index contributed by atoms with van der Waals surface area (Å²) in [6.45, 7) is 7.55. The maximum Gasteiger partial charge on any atom is 0.327 e. The third-order valence-electron chi connectivity index (χ3n) is 6.89. The number of benzene rings is 1. The Kier molecular flexibility index (Phi) is 5.10. The Labute approximate surface area is 176 Å². The number of imidazole rings is 1. The van der Waals surface area contributed by atoms with Crippen LogP contribution in [-0.4, -0.2) is 88.0 Å². The quantitative estimate of drug-likeness (QED) is 0.584. The Hall–Kier alpha value is -2.61. The summed E-state index contributed by atoms with van der Waals surface area (Å²) in [6.07, 6.45) is 5.41. The number of imide groups is 1. The summed E-state index contributed by atoms with van der Waals surface area (Å²) in [5.74, 6) is 0.0204. The number of nitrogens with one attached hydrogen (secondary N) is 1. The molecule has 1 aromatic carbocycles. The highest BCUT2D eigenvalue weighted by Gasteiger charge is 2.46. The molecule has 5 rings (SSSR count). The Morgan fingerprint density at radius 2 is 2.00 bits per heavy atom. The molecule has 0 spiro atoms. The molecule has 2 atom stereocenters. The number of unbranched alkanes of at least 4 members (excludes halogenated alkanes) is 1. The average Bonchev–Trinajstić information content (AvgIpc) is 3.46. The first-order valence-electron chi connectivity index (χ1n) is 11.2. The fraction of sp³-hybridized carbons (Fsp3) is 0.591. The number of nitrogens with zero attached hydrogens (tertiary/aromatic N) is 5. The van der Waals surface area contributed by atoms with Gasteiger partial charge in [-0.1, -0.05) is 6.07 Å². The van der Waals surface area contributed by atoms with Crippen LogP contribution in [0.15, 0.2) is 24.5 Å². The number of H-pyrrole nitrogens is 1. The number of hydrogen-bond donors (Lipinski definition) is 1. The Balaban J connectivity index is 1.11. The first-order valence-corrected chi connectivity index (χ1v) is 11.2.